The first-order valence-electron chi connectivity index (χ1n) is 6.79. The molecule has 0 saturated carbocycles. The lowest BCUT2D eigenvalue weighted by Crippen LogP contribution is -2.38. The van der Waals surface area contributed by atoms with Gasteiger partial charge in [0.2, 0.25) is 0 Å². The summed E-state index contributed by atoms with van der Waals surface area (Å²) in [6.07, 6.45) is 0.0433. The zero-order valence-corrected chi connectivity index (χ0v) is 14.2. The van der Waals surface area contributed by atoms with Crippen LogP contribution >= 0.6 is 22.6 Å². The van der Waals surface area contributed by atoms with Gasteiger partial charge in [0, 0.05) is 21.1 Å². The van der Waals surface area contributed by atoms with Crippen LogP contribution in [0.25, 0.3) is 0 Å². The number of hydrogen-bond acceptors (Lipinski definition) is 4. The zero-order chi connectivity index (χ0) is 15.9. The Kier molecular flexibility index (Phi) is 6.23. The quantitative estimate of drug-likeness (QED) is 0.434. The molecule has 1 N–H and O–H groups in total. The van der Waals surface area contributed by atoms with Crippen molar-refractivity contribution in [3.63, 3.8) is 0 Å². The van der Waals surface area contributed by atoms with Crippen LogP contribution in [0.5, 0.6) is 0 Å². The van der Waals surface area contributed by atoms with E-state index >= 15 is 0 Å². The lowest BCUT2D eigenvalue weighted by molar-refractivity contribution is 0.0473. The Hall–Kier alpha value is -1.57. The lowest BCUT2D eigenvalue weighted by atomic mass is 9.97. The summed E-state index contributed by atoms with van der Waals surface area (Å²) >= 11 is 2.11. The molecule has 0 spiro atoms. The van der Waals surface area contributed by atoms with Crippen LogP contribution in [0, 0.1) is 3.57 Å². The Balaban J connectivity index is 2.18. The first kappa shape index (κ1) is 16.8. The van der Waals surface area contributed by atoms with Crippen LogP contribution in [-0.4, -0.2) is 24.7 Å². The van der Waals surface area contributed by atoms with Crippen molar-refractivity contribution in [1.82, 2.24) is 5.48 Å². The highest BCUT2D eigenvalue weighted by atomic mass is 127. The highest BCUT2D eigenvalue weighted by Gasteiger charge is 2.24. The van der Waals surface area contributed by atoms with E-state index in [1.807, 2.05) is 18.2 Å². The summed E-state index contributed by atoms with van der Waals surface area (Å²) in [5, 5.41) is 0. The van der Waals surface area contributed by atoms with Crippen LogP contribution in [0.1, 0.15) is 27.1 Å². The molecule has 0 heterocycles. The van der Waals surface area contributed by atoms with Crippen molar-refractivity contribution in [3.8, 4) is 0 Å². The molecule has 2 rings (SSSR count). The molecule has 114 valence electrons. The molecule has 0 aromatic heterocycles. The lowest BCUT2D eigenvalue weighted by Gasteiger charge is -2.16. The van der Waals surface area contributed by atoms with Gasteiger partial charge in [-0.1, -0.05) is 48.5 Å². The molecule has 22 heavy (non-hydrogen) atoms. The SMILES string of the molecule is CONC(CC(=O)c1ccccc1)C(=O)c1ccccc1I. The average molecular weight is 409 g/mol. The summed E-state index contributed by atoms with van der Waals surface area (Å²) in [7, 11) is 1.43. The van der Waals surface area contributed by atoms with Gasteiger partial charge in [-0.25, -0.2) is 0 Å². The molecule has 1 unspecified atom stereocenters. The van der Waals surface area contributed by atoms with E-state index in [-0.39, 0.29) is 18.0 Å². The third-order valence-corrected chi connectivity index (χ3v) is 4.14. The first-order chi connectivity index (χ1) is 10.6. The number of carbonyl (C=O) groups is 2. The molecule has 0 radical (unpaired) electrons. The van der Waals surface area contributed by atoms with Crippen molar-refractivity contribution < 1.29 is 14.4 Å². The third kappa shape index (κ3) is 4.22. The molecular formula is C17H16INO3. The smallest absolute Gasteiger partial charge is 0.183 e. The van der Waals surface area contributed by atoms with Crippen molar-refractivity contribution in [3.05, 3.63) is 69.3 Å². The summed E-state index contributed by atoms with van der Waals surface area (Å²) < 4.78 is 0.847. The number of Topliss-reactive ketones (excluding diaryl/α,β-unsaturated/α-hetero) is 2. The number of ketones is 2. The number of carbonyl (C=O) groups excluding carboxylic acids is 2. The predicted molar refractivity (Wildman–Crippen MR) is 92.8 cm³/mol. The maximum absolute atomic E-state index is 12.6. The van der Waals surface area contributed by atoms with E-state index in [1.54, 1.807) is 36.4 Å². The second-order valence-electron chi connectivity index (χ2n) is 4.71. The van der Waals surface area contributed by atoms with E-state index in [1.165, 1.54) is 7.11 Å². The van der Waals surface area contributed by atoms with Gasteiger partial charge in [0.05, 0.1) is 7.11 Å². The van der Waals surface area contributed by atoms with Crippen LogP contribution in [0.2, 0.25) is 0 Å². The predicted octanol–water partition coefficient (Wildman–Crippen LogP) is 3.27. The van der Waals surface area contributed by atoms with Crippen molar-refractivity contribution in [2.24, 2.45) is 0 Å². The molecule has 2 aromatic carbocycles. The fourth-order valence-corrected chi connectivity index (χ4v) is 2.76. The third-order valence-electron chi connectivity index (χ3n) is 3.20. The topological polar surface area (TPSA) is 55.4 Å². The van der Waals surface area contributed by atoms with Gasteiger partial charge in [-0.2, -0.15) is 5.48 Å². The summed E-state index contributed by atoms with van der Waals surface area (Å²) in [5.41, 5.74) is 3.80. The monoisotopic (exact) mass is 409 g/mol. The van der Waals surface area contributed by atoms with Gasteiger partial charge in [0.15, 0.2) is 11.6 Å². The first-order valence-corrected chi connectivity index (χ1v) is 7.87. The van der Waals surface area contributed by atoms with Gasteiger partial charge >= 0.3 is 0 Å². The van der Waals surface area contributed by atoms with Gasteiger partial charge in [0.25, 0.3) is 0 Å². The van der Waals surface area contributed by atoms with Gasteiger partial charge < -0.3 is 4.84 Å². The zero-order valence-electron chi connectivity index (χ0n) is 12.1. The number of nitrogens with one attached hydrogen (secondary N) is 1. The highest BCUT2D eigenvalue weighted by Crippen LogP contribution is 2.16. The van der Waals surface area contributed by atoms with E-state index in [0.29, 0.717) is 11.1 Å². The largest absolute Gasteiger partial charge is 0.304 e. The molecule has 0 amide bonds. The fourth-order valence-electron chi connectivity index (χ4n) is 2.11. The Labute approximate surface area is 143 Å². The number of halogens is 1. The van der Waals surface area contributed by atoms with Crippen LogP contribution in [0.15, 0.2) is 54.6 Å². The van der Waals surface area contributed by atoms with Crippen LogP contribution in [-0.2, 0) is 4.84 Å². The van der Waals surface area contributed by atoms with Crippen molar-refractivity contribution in [1.29, 1.82) is 0 Å². The standard InChI is InChI=1S/C17H16INO3/c1-22-19-15(11-16(20)12-7-3-2-4-8-12)17(21)13-9-5-6-10-14(13)18/h2-10,15,19H,11H2,1H3. The van der Waals surface area contributed by atoms with Gasteiger partial charge in [-0.05, 0) is 28.7 Å². The molecule has 2 aromatic rings. The normalized spacial score (nSPS) is 11.9. The second-order valence-corrected chi connectivity index (χ2v) is 5.87. The summed E-state index contributed by atoms with van der Waals surface area (Å²) in [4.78, 5) is 29.8. The van der Waals surface area contributed by atoms with Crippen LogP contribution in [0.3, 0.4) is 0 Å². The molecule has 0 fully saturated rings. The molecule has 4 nitrogen and oxygen atoms in total. The molecule has 5 heteroatoms. The van der Waals surface area contributed by atoms with E-state index in [2.05, 4.69) is 28.1 Å². The summed E-state index contributed by atoms with van der Waals surface area (Å²) in [5.74, 6) is -0.259. The Morgan fingerprint density at radius 3 is 2.36 bits per heavy atom. The molecule has 1 atom stereocenters. The number of hydroxylamine groups is 1. The summed E-state index contributed by atoms with van der Waals surface area (Å²) in [6.45, 7) is 0. The van der Waals surface area contributed by atoms with Gasteiger partial charge in [-0.3, -0.25) is 9.59 Å². The summed E-state index contributed by atoms with van der Waals surface area (Å²) in [6, 6.07) is 15.5. The Morgan fingerprint density at radius 1 is 1.09 bits per heavy atom. The van der Waals surface area contributed by atoms with Gasteiger partial charge in [0.1, 0.15) is 6.04 Å². The maximum atomic E-state index is 12.6. The van der Waals surface area contributed by atoms with Crippen LogP contribution < -0.4 is 5.48 Å². The highest BCUT2D eigenvalue weighted by molar-refractivity contribution is 14.1. The van der Waals surface area contributed by atoms with E-state index < -0.39 is 6.04 Å². The molecule has 0 aliphatic carbocycles. The minimum absolute atomic E-state index is 0.0433. The van der Waals surface area contributed by atoms with E-state index in [4.69, 9.17) is 4.84 Å². The minimum Gasteiger partial charge on any atom is -0.304 e. The molecule has 0 saturated heterocycles. The van der Waals surface area contributed by atoms with Gasteiger partial charge in [-0.15, -0.1) is 0 Å². The van der Waals surface area contributed by atoms with Crippen molar-refractivity contribution in [2.75, 3.05) is 7.11 Å². The Bertz CT molecular complexity index is 658. The van der Waals surface area contributed by atoms with Crippen molar-refractivity contribution >= 4 is 34.2 Å². The average Bonchev–Trinajstić information content (AvgIpc) is 2.55. The Morgan fingerprint density at radius 2 is 1.73 bits per heavy atom. The van der Waals surface area contributed by atoms with E-state index in [9.17, 15) is 9.59 Å². The number of rotatable bonds is 7. The second kappa shape index (κ2) is 8.17. The van der Waals surface area contributed by atoms with E-state index in [0.717, 1.165) is 3.57 Å². The molecule has 0 aliphatic rings. The molecule has 0 aliphatic heterocycles. The molecule has 0 bridgehead atoms. The molecular weight excluding hydrogens is 393 g/mol. The number of benzene rings is 2. The minimum atomic E-state index is -0.714. The maximum Gasteiger partial charge on any atom is 0.183 e. The van der Waals surface area contributed by atoms with Crippen LogP contribution in [0.4, 0.5) is 0 Å². The van der Waals surface area contributed by atoms with Crippen molar-refractivity contribution in [2.45, 2.75) is 12.5 Å². The fraction of sp³-hybridized carbons (Fsp3) is 0.176. The number of hydrogen-bond donors (Lipinski definition) is 1.